The molecule has 1 N–H and O–H groups in total. The molecule has 1 amide bonds. The van der Waals surface area contributed by atoms with Crippen molar-refractivity contribution in [3.63, 3.8) is 0 Å². The van der Waals surface area contributed by atoms with Crippen LogP contribution in [0.5, 0.6) is 0 Å². The smallest absolute Gasteiger partial charge is 0.225 e. The number of carbonyl (C=O) groups excluding carboxylic acids is 1. The maximum absolute atomic E-state index is 10.4. The maximum Gasteiger partial charge on any atom is 0.225 e. The van der Waals surface area contributed by atoms with Gasteiger partial charge in [-0.15, -0.1) is 0 Å². The van der Waals surface area contributed by atoms with E-state index in [0.29, 0.717) is 6.54 Å². The number of nitrogens with one attached hydrogen (secondary N) is 1. The molecule has 0 aromatic carbocycles. The molecule has 0 aliphatic carbocycles. The second-order valence-electron chi connectivity index (χ2n) is 1.34. The Hall–Kier alpha value is -1.22. The first kappa shape index (κ1) is 2.19. The summed E-state index contributed by atoms with van der Waals surface area (Å²) in [6, 6.07) is 0. The molecule has 5 nitrogen and oxygen atoms in total. The number of carbonyl (C=O) groups is 1. The summed E-state index contributed by atoms with van der Waals surface area (Å²) in [6.45, 7) is 2.26. The van der Waals surface area contributed by atoms with Gasteiger partial charge in [0.2, 0.25) is 5.91 Å². The lowest BCUT2D eigenvalue weighted by Gasteiger charge is -1.93. The number of nitrogens with zero attached hydrogens (tertiary/aromatic N) is 3. The van der Waals surface area contributed by atoms with Crippen molar-refractivity contribution < 1.29 is 22.6 Å². The van der Waals surface area contributed by atoms with Crippen LogP contribution in [-0.4, -0.2) is 19.0 Å². The molecule has 0 rings (SSSR count). The van der Waals surface area contributed by atoms with E-state index in [-0.39, 0.29) is 12.5 Å². The van der Waals surface area contributed by atoms with Gasteiger partial charge >= 0.3 is 0 Å². The van der Waals surface area contributed by atoms with Gasteiger partial charge in [0.15, 0.2) is 0 Å². The summed E-state index contributed by atoms with van der Waals surface area (Å²) >= 11 is 0. The molecule has 0 aliphatic heterocycles. The first-order chi connectivity index (χ1) is 10.3. The minimum Gasteiger partial charge on any atom is -0.356 e. The Morgan fingerprint density at radius 2 is 2.78 bits per heavy atom. The zero-order chi connectivity index (χ0) is 19.1. The predicted molar refractivity (Wildman–Crippen MR) is 45.4 cm³/mol. The van der Waals surface area contributed by atoms with Gasteiger partial charge in [0.1, 0.15) is 6.54 Å². The molecule has 5 heteroatoms. The summed E-state index contributed by atoms with van der Waals surface area (Å²) < 4.78 is 60.0. The van der Waals surface area contributed by atoms with Crippen LogP contribution in [0.4, 0.5) is 0 Å². The fraction of sp³-hybridized carbons (Fsp3) is 0.750. The molecule has 0 heterocycles. The topological polar surface area (TPSA) is 77.9 Å². The average molecular weight is 152 g/mol. The Morgan fingerprint density at radius 1 is 2.11 bits per heavy atom. The van der Waals surface area contributed by atoms with Gasteiger partial charge in [0, 0.05) is 29.3 Å². The highest BCUT2D eigenvalue weighted by Gasteiger charge is 1.92. The van der Waals surface area contributed by atoms with Crippen LogP contribution in [0.3, 0.4) is 0 Å². The zero-order valence-electron chi connectivity index (χ0n) is 17.2. The largest absolute Gasteiger partial charge is 0.356 e. The molecule has 0 aromatic rings. The molecule has 0 saturated carbocycles. The van der Waals surface area contributed by atoms with E-state index in [0.717, 1.165) is 0 Å². The third-order valence-electron chi connectivity index (χ3n) is 0.652. The highest BCUT2D eigenvalue weighted by molar-refractivity contribution is 5.77. The van der Waals surface area contributed by atoms with Crippen LogP contribution < -0.4 is 5.32 Å². The zero-order valence-corrected chi connectivity index (χ0v) is 5.16. The van der Waals surface area contributed by atoms with Crippen molar-refractivity contribution in [2.45, 2.75) is 6.92 Å². The van der Waals surface area contributed by atoms with Crippen molar-refractivity contribution >= 4 is 5.91 Å². The van der Waals surface area contributed by atoms with Crippen LogP contribution in [0.15, 0.2) is 5.11 Å². The Balaban J connectivity index is -0.0000000275. The van der Waals surface area contributed by atoms with Gasteiger partial charge < -0.3 is 5.32 Å². The molecule has 9 heavy (non-hydrogen) atoms. The summed E-state index contributed by atoms with van der Waals surface area (Å²) in [5.41, 5.74) is 7.76. The van der Waals surface area contributed by atoms with Crippen LogP contribution in [0.1, 0.15) is 24.7 Å². The fourth-order valence-corrected chi connectivity index (χ4v) is 0.349. The van der Waals surface area contributed by atoms with Gasteiger partial charge in [-0.05, 0) is 12.5 Å². The van der Waals surface area contributed by atoms with E-state index >= 15 is 0 Å². The third-order valence-corrected chi connectivity index (χ3v) is 0.652. The number of rotatable bonds is 3. The van der Waals surface area contributed by atoms with Crippen molar-refractivity contribution in [1.82, 2.24) is 5.32 Å². The molecule has 62 valence electrons. The fourth-order valence-electron chi connectivity index (χ4n) is 0.349. The van der Waals surface area contributed by atoms with E-state index < -0.39 is 0 Å². The van der Waals surface area contributed by atoms with E-state index in [4.69, 9.17) is 23.3 Å². The average Bonchev–Trinajstić information content (AvgIpc) is 2.64. The Kier molecular flexibility index (Phi) is 1.20. The summed E-state index contributed by atoms with van der Waals surface area (Å²) in [5, 5.41) is 5.54. The molecular weight excluding hydrogens is 120 g/mol. The van der Waals surface area contributed by atoms with E-state index in [1.807, 2.05) is 0 Å². The van der Waals surface area contributed by atoms with Crippen LogP contribution in [0.25, 0.3) is 10.4 Å². The van der Waals surface area contributed by atoms with Gasteiger partial charge in [0.25, 0.3) is 0 Å². The van der Waals surface area contributed by atoms with Gasteiger partial charge in [0.05, 0.1) is 0 Å². The number of azide groups is 1. The second kappa shape index (κ2) is 4.93. The van der Waals surface area contributed by atoms with Gasteiger partial charge in [-0.1, -0.05) is 5.11 Å². The normalized spacial score (nSPS) is 13.0. The third kappa shape index (κ3) is 4.64. The van der Waals surface area contributed by atoms with E-state index in [9.17, 15) is 4.79 Å². The first-order valence-corrected chi connectivity index (χ1v) is 2.58. The van der Waals surface area contributed by atoms with Crippen molar-refractivity contribution in [1.29, 1.82) is 0 Å². The maximum atomic E-state index is 10.4. The molecule has 0 saturated heterocycles. The number of hydrogen-bond acceptors (Lipinski definition) is 2. The van der Waals surface area contributed by atoms with E-state index in [1.165, 1.54) is 0 Å². The molecule has 0 fully saturated rings. The van der Waals surface area contributed by atoms with Crippen LogP contribution in [0, 0.1) is 0 Å². The first-order valence-electron chi connectivity index (χ1n) is 8.58. The Morgan fingerprint density at radius 3 is 3.22 bits per heavy atom. The summed E-state index contributed by atoms with van der Waals surface area (Å²) in [4.78, 5) is 12.8. The molecule has 0 spiro atoms. The van der Waals surface area contributed by atoms with Gasteiger partial charge in [-0.2, -0.15) is 0 Å². The van der Waals surface area contributed by atoms with Gasteiger partial charge in [-0.25, -0.2) is 0 Å². The van der Waals surface area contributed by atoms with Crippen LogP contribution in [0.2, 0.25) is 0 Å². The minimum atomic E-state index is -0.240. The lowest BCUT2D eigenvalue weighted by Crippen LogP contribution is -2.24. The molecule has 0 aliphatic rings. The van der Waals surface area contributed by atoms with Crippen molar-refractivity contribution in [2.75, 3.05) is 13.1 Å². The lowest BCUT2D eigenvalue weighted by atomic mass is 10.6. The lowest BCUT2D eigenvalue weighted by molar-refractivity contribution is -0.119. The number of likely N-dealkylation sites (N-methyl/N-ethyl adjacent to an activating group) is 1. The van der Waals surface area contributed by atoms with E-state index in [2.05, 4.69) is 15.3 Å². The highest BCUT2D eigenvalue weighted by Crippen LogP contribution is 1.70. The quantitative estimate of drug-likeness (QED) is 0.374. The monoisotopic (exact) mass is 152 g/mol. The molecule has 0 atom stereocenters. The SMILES string of the molecule is CCNC(=O)CN=[N+]=[N-].[2H][2H].[2H][2H].[2H][2H].[2H][2H].[2H][2H].[2H][2H]. The molecule has 0 unspecified atom stereocenters. The van der Waals surface area contributed by atoms with E-state index in [1.54, 1.807) is 6.92 Å². The van der Waals surface area contributed by atoms with Crippen molar-refractivity contribution in [2.24, 2.45) is 5.11 Å². The van der Waals surface area contributed by atoms with Crippen molar-refractivity contribution in [3.05, 3.63) is 10.4 Å². The Labute approximate surface area is 71.2 Å². The molecular formula is C4H20N4O. The van der Waals surface area contributed by atoms with Crippen molar-refractivity contribution in [3.8, 4) is 0 Å². The Bertz CT molecular complexity index is 158. The van der Waals surface area contributed by atoms with Crippen LogP contribution >= 0.6 is 0 Å². The predicted octanol–water partition coefficient (Wildman–Crippen LogP) is 1.91. The highest BCUT2D eigenvalue weighted by atomic mass is 16.1. The minimum absolute atomic E-state index is 0.107. The molecule has 0 bridgehead atoms. The summed E-state index contributed by atoms with van der Waals surface area (Å²) in [5.74, 6) is -0.240. The second-order valence-corrected chi connectivity index (χ2v) is 1.34. The standard InChI is InChI=1S/C4H8N4O.6H2/c1-2-6-4(9)3-7-8-5;;;;;;/h2-3H2,1H3,(H,6,9);6*1H/i;6*1+1D. The summed E-state index contributed by atoms with van der Waals surface area (Å²) in [7, 11) is 0. The number of amides is 1. The number of hydrogen-bond donors (Lipinski definition) is 1. The van der Waals surface area contributed by atoms with Crippen LogP contribution in [-0.2, 0) is 4.79 Å². The van der Waals surface area contributed by atoms with Gasteiger partial charge in [-0.3, -0.25) is 4.79 Å². The molecule has 0 radical (unpaired) electrons. The summed E-state index contributed by atoms with van der Waals surface area (Å²) in [6.07, 6.45) is 0. The molecule has 0 aromatic heterocycles.